The number of carbonyl (C=O) groups is 2. The van der Waals surface area contributed by atoms with Crippen LogP contribution in [-0.4, -0.2) is 31.8 Å². The maximum Gasteiger partial charge on any atom is 0.254 e. The van der Waals surface area contributed by atoms with Crippen LogP contribution in [-0.2, 0) is 9.59 Å². The second-order valence-electron chi connectivity index (χ2n) is 8.21. The van der Waals surface area contributed by atoms with Crippen LogP contribution in [0.1, 0.15) is 18.6 Å². The molecule has 0 unspecified atom stereocenters. The Bertz CT molecular complexity index is 1400. The van der Waals surface area contributed by atoms with Crippen molar-refractivity contribution in [3.05, 3.63) is 94.6 Å². The molecule has 0 saturated heterocycles. The predicted molar refractivity (Wildman–Crippen MR) is 146 cm³/mol. The second kappa shape index (κ2) is 12.1. The number of nitrogens with zero attached hydrogens (tertiary/aromatic N) is 1. The summed E-state index contributed by atoms with van der Waals surface area (Å²) in [6, 6.07) is 19.6. The average Bonchev–Trinajstić information content (AvgIpc) is 3.47. The lowest BCUT2D eigenvalue weighted by molar-refractivity contribution is -0.114. The molecule has 2 aromatic carbocycles. The van der Waals surface area contributed by atoms with Crippen molar-refractivity contribution in [1.82, 2.24) is 5.32 Å². The number of furan rings is 1. The van der Waals surface area contributed by atoms with Crippen molar-refractivity contribution in [2.24, 2.45) is 0 Å². The van der Waals surface area contributed by atoms with Gasteiger partial charge < -0.3 is 29.8 Å². The summed E-state index contributed by atoms with van der Waals surface area (Å²) in [6.07, 6.45) is 1.50. The average molecular weight is 531 g/mol. The summed E-state index contributed by atoms with van der Waals surface area (Å²) in [6.45, 7) is 1.75. The van der Waals surface area contributed by atoms with Gasteiger partial charge in [-0.2, -0.15) is 5.26 Å². The molecule has 1 aromatic heterocycles. The van der Waals surface area contributed by atoms with E-state index in [2.05, 4.69) is 22.0 Å². The van der Waals surface area contributed by atoms with Crippen LogP contribution >= 0.6 is 11.8 Å². The number of allylic oxidation sites excluding steroid dienone is 2. The lowest BCUT2D eigenvalue weighted by atomic mass is 9.85. The molecule has 3 aromatic rings. The number of nitrogens with one attached hydrogen (secondary N) is 3. The highest BCUT2D eigenvalue weighted by molar-refractivity contribution is 8.03. The highest BCUT2D eigenvalue weighted by atomic mass is 32.2. The van der Waals surface area contributed by atoms with Crippen LogP contribution < -0.4 is 25.4 Å². The highest BCUT2D eigenvalue weighted by Gasteiger charge is 2.36. The molecule has 2 amide bonds. The molecule has 3 N–H and O–H groups in total. The summed E-state index contributed by atoms with van der Waals surface area (Å²) >= 11 is 1.18. The zero-order valence-electron chi connectivity index (χ0n) is 21.0. The lowest BCUT2D eigenvalue weighted by Gasteiger charge is -2.28. The summed E-state index contributed by atoms with van der Waals surface area (Å²) in [5, 5.41) is 19.5. The SMILES string of the molecule is COc1ccc(NC(=O)CSC2=C(C#N)[C@@H](c3ccco3)C(C(=O)Nc3ccc(OC)cc3)=C(C)N2)cc1. The number of methoxy groups -OCH3 is 2. The number of rotatable bonds is 9. The van der Waals surface area contributed by atoms with E-state index in [1.165, 1.54) is 18.0 Å². The zero-order chi connectivity index (χ0) is 27.1. The van der Waals surface area contributed by atoms with E-state index in [1.54, 1.807) is 81.8 Å². The molecule has 4 rings (SSSR count). The van der Waals surface area contributed by atoms with Crippen molar-refractivity contribution >= 4 is 35.0 Å². The molecule has 10 heteroatoms. The third kappa shape index (κ3) is 6.02. The van der Waals surface area contributed by atoms with Gasteiger partial charge in [0.1, 0.15) is 17.3 Å². The number of hydrogen-bond acceptors (Lipinski definition) is 8. The van der Waals surface area contributed by atoms with Gasteiger partial charge in [-0.25, -0.2) is 0 Å². The van der Waals surface area contributed by atoms with Crippen LogP contribution in [0.4, 0.5) is 11.4 Å². The smallest absolute Gasteiger partial charge is 0.254 e. The number of nitriles is 1. The van der Waals surface area contributed by atoms with Crippen LogP contribution in [0.15, 0.2) is 93.2 Å². The number of amides is 2. The number of dihydropyridines is 1. The Morgan fingerprint density at radius 3 is 2.13 bits per heavy atom. The number of carbonyl (C=O) groups excluding carboxylic acids is 2. The zero-order valence-corrected chi connectivity index (χ0v) is 21.8. The minimum absolute atomic E-state index is 0.0467. The molecule has 0 saturated carbocycles. The summed E-state index contributed by atoms with van der Waals surface area (Å²) in [4.78, 5) is 26.0. The summed E-state index contributed by atoms with van der Waals surface area (Å²) in [5.74, 6) is 0.473. The Kier molecular flexibility index (Phi) is 8.40. The largest absolute Gasteiger partial charge is 0.497 e. The fourth-order valence-electron chi connectivity index (χ4n) is 3.95. The van der Waals surface area contributed by atoms with E-state index >= 15 is 0 Å². The maximum absolute atomic E-state index is 13.4. The van der Waals surface area contributed by atoms with Crippen molar-refractivity contribution < 1.29 is 23.5 Å². The molecule has 9 nitrogen and oxygen atoms in total. The first-order valence-electron chi connectivity index (χ1n) is 11.6. The number of anilines is 2. The van der Waals surface area contributed by atoms with Gasteiger partial charge in [-0.1, -0.05) is 11.8 Å². The highest BCUT2D eigenvalue weighted by Crippen LogP contribution is 2.41. The van der Waals surface area contributed by atoms with E-state index < -0.39 is 5.92 Å². The van der Waals surface area contributed by atoms with E-state index in [-0.39, 0.29) is 23.1 Å². The quantitative estimate of drug-likeness (QED) is 0.353. The van der Waals surface area contributed by atoms with Crippen LogP contribution in [0.2, 0.25) is 0 Å². The van der Waals surface area contributed by atoms with Crippen molar-refractivity contribution in [2.75, 3.05) is 30.6 Å². The normalized spacial score (nSPS) is 14.8. The Balaban J connectivity index is 1.54. The minimum Gasteiger partial charge on any atom is -0.497 e. The lowest BCUT2D eigenvalue weighted by Crippen LogP contribution is -2.31. The molecular formula is C28H26N4O5S. The molecule has 1 aliphatic heterocycles. The number of thioether (sulfide) groups is 1. The molecule has 194 valence electrons. The number of ether oxygens (including phenoxy) is 2. The van der Waals surface area contributed by atoms with Gasteiger partial charge in [0, 0.05) is 17.1 Å². The molecule has 1 aliphatic rings. The summed E-state index contributed by atoms with van der Waals surface area (Å²) in [7, 11) is 3.14. The van der Waals surface area contributed by atoms with Gasteiger partial charge in [-0.05, 0) is 67.6 Å². The van der Waals surface area contributed by atoms with Crippen LogP contribution in [0, 0.1) is 11.3 Å². The first kappa shape index (κ1) is 26.4. The maximum atomic E-state index is 13.4. The topological polar surface area (TPSA) is 126 Å². The predicted octanol–water partition coefficient (Wildman–Crippen LogP) is 5.00. The van der Waals surface area contributed by atoms with Gasteiger partial charge in [0.25, 0.3) is 5.91 Å². The first-order chi connectivity index (χ1) is 18.4. The minimum atomic E-state index is -0.748. The van der Waals surface area contributed by atoms with Gasteiger partial charge in [0.2, 0.25) is 5.91 Å². The van der Waals surface area contributed by atoms with Gasteiger partial charge in [0.05, 0.1) is 54.4 Å². The van der Waals surface area contributed by atoms with Crippen molar-refractivity contribution in [3.8, 4) is 17.6 Å². The molecule has 0 bridgehead atoms. The second-order valence-corrected chi connectivity index (χ2v) is 9.20. The Morgan fingerprint density at radius 1 is 1.00 bits per heavy atom. The molecule has 0 aliphatic carbocycles. The van der Waals surface area contributed by atoms with Crippen molar-refractivity contribution in [1.29, 1.82) is 5.26 Å². The van der Waals surface area contributed by atoms with E-state index in [0.29, 0.717) is 44.9 Å². The molecule has 38 heavy (non-hydrogen) atoms. The van der Waals surface area contributed by atoms with Crippen molar-refractivity contribution in [3.63, 3.8) is 0 Å². The monoisotopic (exact) mass is 530 g/mol. The Labute approximate surface area is 224 Å². The van der Waals surface area contributed by atoms with E-state index in [0.717, 1.165) is 0 Å². The fourth-order valence-corrected chi connectivity index (χ4v) is 4.84. The fraction of sp³-hybridized carbons (Fsp3) is 0.179. The van der Waals surface area contributed by atoms with Gasteiger partial charge >= 0.3 is 0 Å². The standard InChI is InChI=1S/C28H26N4O5S/c1-17-25(27(34)32-19-8-12-21(36-3)13-9-19)26(23-5-4-14-37-23)22(15-29)28(30-17)38-16-24(33)31-18-6-10-20(35-2)11-7-18/h4-14,26,30H,16H2,1-3H3,(H,31,33)(H,32,34)/t26-/m0/s1. The Hall–Kier alpha value is -4.62. The van der Waals surface area contributed by atoms with Crippen LogP contribution in [0.3, 0.4) is 0 Å². The van der Waals surface area contributed by atoms with E-state index in [4.69, 9.17) is 13.9 Å². The molecule has 2 heterocycles. The number of hydrogen-bond donors (Lipinski definition) is 3. The summed E-state index contributed by atoms with van der Waals surface area (Å²) < 4.78 is 16.0. The molecular weight excluding hydrogens is 504 g/mol. The molecule has 0 spiro atoms. The third-order valence-corrected chi connectivity index (χ3v) is 6.81. The Morgan fingerprint density at radius 2 is 1.61 bits per heavy atom. The van der Waals surface area contributed by atoms with Gasteiger partial charge in [0.15, 0.2) is 0 Å². The first-order valence-corrected chi connectivity index (χ1v) is 12.6. The number of benzene rings is 2. The van der Waals surface area contributed by atoms with Gasteiger partial charge in [-0.15, -0.1) is 0 Å². The van der Waals surface area contributed by atoms with Gasteiger partial charge in [-0.3, -0.25) is 9.59 Å². The summed E-state index contributed by atoms with van der Waals surface area (Å²) in [5.41, 5.74) is 2.39. The van der Waals surface area contributed by atoms with Crippen molar-refractivity contribution in [2.45, 2.75) is 12.8 Å². The third-order valence-electron chi connectivity index (χ3n) is 5.79. The molecule has 0 radical (unpaired) electrons. The molecule has 0 fully saturated rings. The van der Waals surface area contributed by atoms with E-state index in [9.17, 15) is 14.9 Å². The van der Waals surface area contributed by atoms with Crippen LogP contribution in [0.25, 0.3) is 0 Å². The molecule has 1 atom stereocenters. The van der Waals surface area contributed by atoms with Crippen LogP contribution in [0.5, 0.6) is 11.5 Å². The van der Waals surface area contributed by atoms with E-state index in [1.807, 2.05) is 0 Å².